The largest absolute Gasteiger partial charge is 0.465 e. The number of nitriles is 1. The van der Waals surface area contributed by atoms with E-state index < -0.39 is 11.9 Å². The Kier molecular flexibility index (Phi) is 3.47. The lowest BCUT2D eigenvalue weighted by Gasteiger charge is -2.06. The van der Waals surface area contributed by atoms with E-state index in [1.54, 1.807) is 6.92 Å². The van der Waals surface area contributed by atoms with E-state index in [-0.39, 0.29) is 0 Å². The monoisotopic (exact) mass is 181 g/mol. The minimum Gasteiger partial charge on any atom is -0.465 e. The second kappa shape index (κ2) is 4.63. The maximum absolute atomic E-state index is 11.3. The van der Waals surface area contributed by atoms with Crippen LogP contribution >= 0.6 is 0 Å². The first-order valence-electron chi connectivity index (χ1n) is 4.39. The maximum Gasteiger partial charge on any atom is 0.333 e. The second-order valence-electron chi connectivity index (χ2n) is 2.80. The van der Waals surface area contributed by atoms with Gasteiger partial charge < -0.3 is 10.1 Å². The Morgan fingerprint density at radius 3 is 3.15 bits per heavy atom. The summed E-state index contributed by atoms with van der Waals surface area (Å²) in [5.74, 6) is -1.16. The number of carbonyl (C=O) groups is 1. The van der Waals surface area contributed by atoms with Crippen molar-refractivity contribution < 1.29 is 14.8 Å². The van der Waals surface area contributed by atoms with Crippen LogP contribution in [0.1, 0.15) is 13.3 Å². The smallest absolute Gasteiger partial charge is 0.333 e. The molecule has 1 rings (SSSR count). The van der Waals surface area contributed by atoms with Gasteiger partial charge in [0.15, 0.2) is 0 Å². The summed E-state index contributed by atoms with van der Waals surface area (Å²) >= 11 is 0. The third kappa shape index (κ3) is 2.30. The predicted octanol–water partition coefficient (Wildman–Crippen LogP) is -0.460. The van der Waals surface area contributed by atoms with Crippen molar-refractivity contribution in [3.05, 3.63) is 11.8 Å². The Labute approximate surface area is 77.2 Å². The van der Waals surface area contributed by atoms with Crippen LogP contribution < -0.4 is 5.32 Å². The van der Waals surface area contributed by atoms with E-state index in [1.807, 2.05) is 17.5 Å². The van der Waals surface area contributed by atoms with Gasteiger partial charge in [-0.25, -0.2) is 0 Å². The molecule has 0 spiro atoms. The van der Waals surface area contributed by atoms with Crippen molar-refractivity contribution in [2.24, 2.45) is 5.92 Å². The molecule has 0 aromatic carbocycles. The van der Waals surface area contributed by atoms with Crippen LogP contribution in [0.4, 0.5) is 0 Å². The van der Waals surface area contributed by atoms with E-state index in [1.165, 1.54) is 0 Å². The fourth-order valence-electron chi connectivity index (χ4n) is 1.31. The summed E-state index contributed by atoms with van der Waals surface area (Å²) in [7, 11) is 0. The minimum atomic E-state index is -0.720. The van der Waals surface area contributed by atoms with Gasteiger partial charge in [0.1, 0.15) is 5.70 Å². The molecule has 0 aliphatic carbocycles. The molecule has 1 aliphatic heterocycles. The van der Waals surface area contributed by atoms with Crippen LogP contribution in [-0.4, -0.2) is 19.1 Å². The van der Waals surface area contributed by atoms with E-state index in [4.69, 9.17) is 10.00 Å². The van der Waals surface area contributed by atoms with Gasteiger partial charge in [0.2, 0.25) is 5.92 Å². The van der Waals surface area contributed by atoms with Crippen LogP contribution in [0.15, 0.2) is 11.8 Å². The third-order valence-corrected chi connectivity index (χ3v) is 1.91. The zero-order valence-corrected chi connectivity index (χ0v) is 7.62. The lowest BCUT2D eigenvalue weighted by Crippen LogP contribution is -2.81. The van der Waals surface area contributed by atoms with Crippen LogP contribution in [0, 0.1) is 17.2 Å². The molecule has 0 saturated carbocycles. The van der Waals surface area contributed by atoms with E-state index in [9.17, 15) is 4.79 Å². The molecule has 1 atom stereocenters. The lowest BCUT2D eigenvalue weighted by molar-refractivity contribution is -0.600. The number of quaternary nitrogens is 1. The molecule has 13 heavy (non-hydrogen) atoms. The molecular formula is C9H13N2O2+. The number of carbonyl (C=O) groups excluding carboxylic acids is 1. The van der Waals surface area contributed by atoms with Gasteiger partial charge in [0.25, 0.3) is 0 Å². The highest BCUT2D eigenvalue weighted by Crippen LogP contribution is 2.08. The van der Waals surface area contributed by atoms with Gasteiger partial charge in [-0.3, -0.25) is 4.79 Å². The van der Waals surface area contributed by atoms with Gasteiger partial charge in [-0.05, 0) is 13.0 Å². The minimum absolute atomic E-state index is 0.324. The first kappa shape index (κ1) is 9.75. The normalized spacial score (nSPS) is 17.4. The van der Waals surface area contributed by atoms with Crippen molar-refractivity contribution in [3.8, 4) is 6.07 Å². The molecule has 0 aromatic rings. The van der Waals surface area contributed by atoms with E-state index in [0.29, 0.717) is 6.61 Å². The summed E-state index contributed by atoms with van der Waals surface area (Å²) in [6, 6.07) is 1.95. The van der Waals surface area contributed by atoms with Gasteiger partial charge in [0, 0.05) is 6.42 Å². The van der Waals surface area contributed by atoms with E-state index >= 15 is 0 Å². The quantitative estimate of drug-likeness (QED) is 0.599. The molecule has 4 nitrogen and oxygen atoms in total. The molecule has 0 aromatic heterocycles. The maximum atomic E-state index is 11.3. The van der Waals surface area contributed by atoms with Crippen LogP contribution in [0.25, 0.3) is 0 Å². The molecule has 4 heteroatoms. The van der Waals surface area contributed by atoms with Crippen LogP contribution in [0.2, 0.25) is 0 Å². The Balaban J connectivity index is 2.62. The van der Waals surface area contributed by atoms with E-state index in [0.717, 1.165) is 18.7 Å². The van der Waals surface area contributed by atoms with Crippen LogP contribution in [-0.2, 0) is 9.53 Å². The number of ether oxygens (including phenoxy) is 1. The molecule has 0 amide bonds. The predicted molar refractivity (Wildman–Crippen MR) is 45.2 cm³/mol. The summed E-state index contributed by atoms with van der Waals surface area (Å²) in [4.78, 5) is 11.3. The second-order valence-corrected chi connectivity index (χ2v) is 2.80. The summed E-state index contributed by atoms with van der Waals surface area (Å²) < 4.78 is 4.79. The van der Waals surface area contributed by atoms with Gasteiger partial charge in [0.05, 0.1) is 19.2 Å². The van der Waals surface area contributed by atoms with Gasteiger partial charge in [-0.2, -0.15) is 5.26 Å². The molecular weight excluding hydrogens is 168 g/mol. The number of hydrogen-bond donors (Lipinski definition) is 1. The molecule has 0 saturated heterocycles. The first-order chi connectivity index (χ1) is 6.29. The molecule has 0 bridgehead atoms. The van der Waals surface area contributed by atoms with Crippen LogP contribution in [0.5, 0.6) is 0 Å². The third-order valence-electron chi connectivity index (χ3n) is 1.91. The topological polar surface area (TPSA) is 66.7 Å². The number of nitrogens with zero attached hydrogens (tertiary/aromatic N) is 1. The fraction of sp³-hybridized carbons (Fsp3) is 0.556. The Bertz CT molecular complexity index is 265. The molecule has 1 aliphatic rings. The zero-order valence-electron chi connectivity index (χ0n) is 7.62. The SMILES string of the molecule is CCOC(=O)[C@@H](C#N)C1=CCC[NH2+]1. The van der Waals surface area contributed by atoms with E-state index in [2.05, 4.69) is 0 Å². The average Bonchev–Trinajstić information content (AvgIpc) is 2.59. The van der Waals surface area contributed by atoms with Gasteiger partial charge in [-0.1, -0.05) is 0 Å². The summed E-state index contributed by atoms with van der Waals surface area (Å²) in [6.45, 7) is 2.98. The highest BCUT2D eigenvalue weighted by atomic mass is 16.5. The summed E-state index contributed by atoms with van der Waals surface area (Å²) in [6.07, 6.45) is 2.84. The Hall–Kier alpha value is -1.34. The number of esters is 1. The molecule has 0 radical (unpaired) electrons. The van der Waals surface area contributed by atoms with Crippen molar-refractivity contribution in [1.82, 2.24) is 0 Å². The zero-order chi connectivity index (χ0) is 9.68. The fourth-order valence-corrected chi connectivity index (χ4v) is 1.31. The lowest BCUT2D eigenvalue weighted by atomic mass is 10.1. The van der Waals surface area contributed by atoms with Gasteiger partial charge >= 0.3 is 5.97 Å². The highest BCUT2D eigenvalue weighted by molar-refractivity contribution is 5.78. The molecule has 70 valence electrons. The standard InChI is InChI=1S/C9H12N2O2/c1-2-13-9(12)7(6-10)8-4-3-5-11-8/h4,7,11H,2-3,5H2,1H3/p+1/t7-/m0/s1. The number of hydrogen-bond acceptors (Lipinski definition) is 3. The molecule has 0 fully saturated rings. The molecule has 1 heterocycles. The van der Waals surface area contributed by atoms with Crippen molar-refractivity contribution in [3.63, 3.8) is 0 Å². The number of rotatable bonds is 3. The number of nitrogens with two attached hydrogens (primary N) is 1. The van der Waals surface area contributed by atoms with Crippen molar-refractivity contribution >= 4 is 5.97 Å². The van der Waals surface area contributed by atoms with Crippen molar-refractivity contribution in [1.29, 1.82) is 5.26 Å². The average molecular weight is 181 g/mol. The van der Waals surface area contributed by atoms with Crippen molar-refractivity contribution in [2.45, 2.75) is 13.3 Å². The van der Waals surface area contributed by atoms with Crippen molar-refractivity contribution in [2.75, 3.05) is 13.2 Å². The highest BCUT2D eigenvalue weighted by Gasteiger charge is 2.29. The van der Waals surface area contributed by atoms with Gasteiger partial charge in [-0.15, -0.1) is 0 Å². The molecule has 2 N–H and O–H groups in total. The Morgan fingerprint density at radius 1 is 1.92 bits per heavy atom. The summed E-state index contributed by atoms with van der Waals surface area (Å²) in [5.41, 5.74) is 0.806. The first-order valence-corrected chi connectivity index (χ1v) is 4.39. The van der Waals surface area contributed by atoms with Crippen LogP contribution in [0.3, 0.4) is 0 Å². The summed E-state index contributed by atoms with van der Waals surface area (Å²) in [5, 5.41) is 10.7. The Morgan fingerprint density at radius 2 is 2.69 bits per heavy atom. The molecule has 0 unspecified atom stereocenters.